The molecule has 0 amide bonds. The first kappa shape index (κ1) is 63.6. The molecule has 4 aromatic rings. The highest BCUT2D eigenvalue weighted by molar-refractivity contribution is 5.70. The molecule has 3 aromatic carbocycles. The third kappa shape index (κ3) is 25.9. The van der Waals surface area contributed by atoms with Crippen molar-refractivity contribution in [1.29, 1.82) is 0 Å². The minimum atomic E-state index is 0.365. The Morgan fingerprint density at radius 1 is 0.342 bits per heavy atom. The van der Waals surface area contributed by atoms with Gasteiger partial charge in [0.2, 0.25) is 23.4 Å². The smallest absolute Gasteiger partial charge is 0.232 e. The largest absolute Gasteiger partial charge is 0.489 e. The molecule has 0 saturated heterocycles. The molecular formula is C65H104N5O6. The molecule has 1 radical (unpaired) electrons. The van der Waals surface area contributed by atoms with Crippen LogP contribution in [-0.4, -0.2) is 54.6 Å². The van der Waals surface area contributed by atoms with Crippen LogP contribution in [0.3, 0.4) is 0 Å². The number of hydrogen-bond acceptors (Lipinski definition) is 11. The van der Waals surface area contributed by atoms with Crippen LogP contribution in [0.25, 0.3) is 11.4 Å². The Balaban J connectivity index is 1.79. The van der Waals surface area contributed by atoms with Gasteiger partial charge in [-0.25, -0.2) is 0 Å². The van der Waals surface area contributed by atoms with E-state index in [4.69, 9.17) is 43.4 Å². The Morgan fingerprint density at radius 2 is 0.618 bits per heavy atom. The second-order valence-electron chi connectivity index (χ2n) is 20.7. The summed E-state index contributed by atoms with van der Waals surface area (Å²) in [6, 6.07) is 16.3. The molecule has 425 valence electrons. The van der Waals surface area contributed by atoms with Crippen molar-refractivity contribution >= 4 is 23.3 Å². The average molecular weight is 1050 g/mol. The van der Waals surface area contributed by atoms with Gasteiger partial charge in [0, 0.05) is 41.2 Å². The van der Waals surface area contributed by atoms with Gasteiger partial charge < -0.3 is 39.1 Å². The summed E-state index contributed by atoms with van der Waals surface area (Å²) in [5.74, 6) is 5.20. The molecule has 0 aliphatic heterocycles. The van der Waals surface area contributed by atoms with Crippen molar-refractivity contribution < 1.29 is 28.4 Å². The number of aromatic nitrogens is 3. The lowest BCUT2D eigenvalue weighted by Crippen LogP contribution is -2.09. The van der Waals surface area contributed by atoms with Gasteiger partial charge in [0.05, 0.1) is 39.6 Å². The van der Waals surface area contributed by atoms with Crippen LogP contribution in [-0.2, 0) is 6.42 Å². The van der Waals surface area contributed by atoms with Crippen LogP contribution in [0.4, 0.5) is 23.3 Å². The first-order valence-corrected chi connectivity index (χ1v) is 30.8. The van der Waals surface area contributed by atoms with E-state index in [0.717, 1.165) is 99.6 Å². The molecule has 0 saturated carbocycles. The lowest BCUT2D eigenvalue weighted by Gasteiger charge is -2.20. The van der Waals surface area contributed by atoms with Crippen LogP contribution >= 0.6 is 0 Å². The minimum absolute atomic E-state index is 0.365. The molecule has 0 fully saturated rings. The number of rotatable bonds is 48. The van der Waals surface area contributed by atoms with Gasteiger partial charge in [-0.15, -0.1) is 0 Å². The fraction of sp³-hybridized carbons (Fsp3) is 0.662. The summed E-state index contributed by atoms with van der Waals surface area (Å²) >= 11 is 0. The van der Waals surface area contributed by atoms with Crippen molar-refractivity contribution in [1.82, 2.24) is 15.0 Å². The van der Waals surface area contributed by atoms with Crippen molar-refractivity contribution in [3.63, 3.8) is 0 Å². The zero-order chi connectivity index (χ0) is 54.1. The van der Waals surface area contributed by atoms with Crippen LogP contribution < -0.4 is 39.1 Å². The molecule has 1 heterocycles. The maximum absolute atomic E-state index is 6.64. The van der Waals surface area contributed by atoms with E-state index in [1.54, 1.807) is 0 Å². The van der Waals surface area contributed by atoms with Gasteiger partial charge in [-0.3, -0.25) is 0 Å². The lowest BCUT2D eigenvalue weighted by molar-refractivity contribution is 0.234. The van der Waals surface area contributed by atoms with Crippen molar-refractivity contribution in [2.24, 2.45) is 0 Å². The highest BCUT2D eigenvalue weighted by Gasteiger charge is 2.21. The van der Waals surface area contributed by atoms with Crippen molar-refractivity contribution in [3.05, 3.63) is 61.0 Å². The summed E-state index contributed by atoms with van der Waals surface area (Å²) in [6.07, 6.45) is 35.0. The van der Waals surface area contributed by atoms with Crippen molar-refractivity contribution in [2.45, 2.75) is 241 Å². The van der Waals surface area contributed by atoms with Gasteiger partial charge in [0.15, 0.2) is 28.8 Å². The summed E-state index contributed by atoms with van der Waals surface area (Å²) in [5, 5.41) is 7.14. The van der Waals surface area contributed by atoms with E-state index in [0.29, 0.717) is 98.3 Å². The molecule has 0 aliphatic rings. The predicted molar refractivity (Wildman–Crippen MR) is 319 cm³/mol. The molecule has 0 unspecified atom stereocenters. The number of benzene rings is 3. The van der Waals surface area contributed by atoms with E-state index in [1.165, 1.54) is 116 Å². The fourth-order valence-corrected chi connectivity index (χ4v) is 9.02. The first-order valence-electron chi connectivity index (χ1n) is 30.8. The van der Waals surface area contributed by atoms with Gasteiger partial charge in [0.25, 0.3) is 0 Å². The zero-order valence-corrected chi connectivity index (χ0v) is 48.8. The minimum Gasteiger partial charge on any atom is -0.489 e. The molecule has 1 aromatic heterocycles. The first-order chi connectivity index (χ1) is 37.5. The second-order valence-corrected chi connectivity index (χ2v) is 20.7. The maximum atomic E-state index is 6.64. The highest BCUT2D eigenvalue weighted by atomic mass is 16.5. The van der Waals surface area contributed by atoms with E-state index in [9.17, 15) is 0 Å². The normalized spacial score (nSPS) is 11.2. The lowest BCUT2D eigenvalue weighted by atomic mass is 10.1. The molecule has 2 N–H and O–H groups in total. The van der Waals surface area contributed by atoms with Crippen LogP contribution in [0.1, 0.15) is 240 Å². The van der Waals surface area contributed by atoms with Crippen LogP contribution in [0.5, 0.6) is 34.5 Å². The van der Waals surface area contributed by atoms with E-state index in [2.05, 4.69) is 71.2 Å². The standard InChI is InChI=1S/C65H104N5O6/c1-8-15-21-27-33-43-71-57-49-55(50-58(72-44-34-28-22-16-9-2)61(57)75-47-37-31-25-19-12-5)66-64-68-63(54-41-39-53(14-7)40-42-54)69-65(70-64)67-56-51-59(73-45-35-29-23-17-10-3)62(76-48-38-32-26-20-13-6)60(52-56)74-46-36-30-24-18-11-4/h39-42,49-52H,7-38,43-48H2,1-6H3,(H2,66,67,68,69,70). The molecule has 0 aliphatic carbocycles. The van der Waals surface area contributed by atoms with Crippen LogP contribution in [0.15, 0.2) is 48.5 Å². The second kappa shape index (κ2) is 41.2. The molecule has 4 rings (SSSR count). The Morgan fingerprint density at radius 3 is 0.895 bits per heavy atom. The third-order valence-electron chi connectivity index (χ3n) is 13.7. The Hall–Kier alpha value is -4.93. The maximum Gasteiger partial charge on any atom is 0.232 e. The molecule has 0 bridgehead atoms. The molecule has 0 spiro atoms. The number of nitrogens with one attached hydrogen (secondary N) is 2. The SMILES string of the molecule is [CH2]Cc1ccc(-c2nc(Nc3cc(OCCCCCCC)c(OCCCCCCC)c(OCCCCCCC)c3)nc(Nc3cc(OCCCCCCC)c(OCCCCCCC)c(OCCCCCCC)c3)n2)cc1. The molecule has 0 atom stereocenters. The van der Waals surface area contributed by atoms with Gasteiger partial charge in [0.1, 0.15) is 0 Å². The molecule has 76 heavy (non-hydrogen) atoms. The topological polar surface area (TPSA) is 118 Å². The fourth-order valence-electron chi connectivity index (χ4n) is 9.02. The Kier molecular flexibility index (Phi) is 34.5. The van der Waals surface area contributed by atoms with Gasteiger partial charge in [-0.2, -0.15) is 15.0 Å². The number of hydrogen-bond donors (Lipinski definition) is 2. The number of anilines is 4. The highest BCUT2D eigenvalue weighted by Crippen LogP contribution is 2.44. The van der Waals surface area contributed by atoms with Crippen molar-refractivity contribution in [3.8, 4) is 45.9 Å². The quantitative estimate of drug-likeness (QED) is 0.0412. The Bertz CT molecular complexity index is 1890. The van der Waals surface area contributed by atoms with E-state index in [1.807, 2.05) is 36.4 Å². The Labute approximate surface area is 462 Å². The van der Waals surface area contributed by atoms with Gasteiger partial charge >= 0.3 is 0 Å². The van der Waals surface area contributed by atoms with Crippen molar-refractivity contribution in [2.75, 3.05) is 50.3 Å². The van der Waals surface area contributed by atoms with E-state index >= 15 is 0 Å². The van der Waals surface area contributed by atoms with Crippen LogP contribution in [0, 0.1) is 6.92 Å². The third-order valence-corrected chi connectivity index (χ3v) is 13.7. The average Bonchev–Trinajstić information content (AvgIpc) is 3.43. The number of nitrogens with zero attached hydrogens (tertiary/aromatic N) is 3. The van der Waals surface area contributed by atoms with Crippen LogP contribution in [0.2, 0.25) is 0 Å². The number of ether oxygens (including phenoxy) is 6. The summed E-state index contributed by atoms with van der Waals surface area (Å²) in [7, 11) is 0. The monoisotopic (exact) mass is 1050 g/mol. The predicted octanol–water partition coefficient (Wildman–Crippen LogP) is 19.5. The summed E-state index contributed by atoms with van der Waals surface area (Å²) in [6.45, 7) is 21.1. The molecule has 11 nitrogen and oxygen atoms in total. The summed E-state index contributed by atoms with van der Waals surface area (Å²) in [4.78, 5) is 15.2. The molecule has 11 heteroatoms. The summed E-state index contributed by atoms with van der Waals surface area (Å²) < 4.78 is 39.8. The van der Waals surface area contributed by atoms with Gasteiger partial charge in [-0.1, -0.05) is 220 Å². The molecular weight excluding hydrogens is 947 g/mol. The van der Waals surface area contributed by atoms with E-state index in [-0.39, 0.29) is 0 Å². The van der Waals surface area contributed by atoms with Gasteiger partial charge in [-0.05, 0) is 57.4 Å². The van der Waals surface area contributed by atoms with E-state index < -0.39 is 0 Å². The number of unbranched alkanes of at least 4 members (excludes halogenated alkanes) is 24. The zero-order valence-electron chi connectivity index (χ0n) is 48.8. The summed E-state index contributed by atoms with van der Waals surface area (Å²) in [5.41, 5.74) is 3.45.